The second-order valence-corrected chi connectivity index (χ2v) is 9.50. The zero-order valence-electron chi connectivity index (χ0n) is 20.8. The number of carbonyl (C=O) groups excluding carboxylic acids is 2. The minimum atomic E-state index is -0.873. The molecule has 9 heteroatoms. The molecule has 3 aromatic rings. The summed E-state index contributed by atoms with van der Waals surface area (Å²) in [6.07, 6.45) is 5.15. The van der Waals surface area contributed by atoms with Gasteiger partial charge in [0.05, 0.1) is 17.5 Å². The number of nitrogens with zero attached hydrogens (tertiary/aromatic N) is 4. The average Bonchev–Trinajstić information content (AvgIpc) is 3.12. The topological polar surface area (TPSA) is 133 Å². The lowest BCUT2D eigenvalue weighted by Crippen LogP contribution is -2.39. The fourth-order valence-corrected chi connectivity index (χ4v) is 5.45. The van der Waals surface area contributed by atoms with Crippen LogP contribution in [0.4, 0.5) is 0 Å². The Balaban J connectivity index is 2.07. The Morgan fingerprint density at radius 1 is 1.00 bits per heavy atom. The van der Waals surface area contributed by atoms with Gasteiger partial charge in [0, 0.05) is 13.1 Å². The Bertz CT molecular complexity index is 1370. The number of rotatable bonds is 7. The molecular weight excluding hydrogens is 458 g/mol. The minimum absolute atomic E-state index is 0.243. The number of aryl methyl sites for hydroxylation is 3. The summed E-state index contributed by atoms with van der Waals surface area (Å²) in [5, 5.41) is 0. The minimum Gasteiger partial charge on any atom is -0.328 e. The molecule has 2 unspecified atom stereocenters. The third kappa shape index (κ3) is 4.40. The quantitative estimate of drug-likeness (QED) is 0.401. The Labute approximate surface area is 208 Å². The van der Waals surface area contributed by atoms with E-state index in [1.54, 1.807) is 19.2 Å². The van der Waals surface area contributed by atoms with Crippen molar-refractivity contribution in [3.63, 3.8) is 0 Å². The van der Waals surface area contributed by atoms with Crippen molar-refractivity contribution in [3.8, 4) is 0 Å². The van der Waals surface area contributed by atoms with Crippen LogP contribution in [-0.4, -0.2) is 27.9 Å². The van der Waals surface area contributed by atoms with Crippen molar-refractivity contribution in [1.82, 2.24) is 9.72 Å². The molecule has 9 nitrogen and oxygen atoms in total. The number of aromatic nitrogens is 2. The number of benzene rings is 2. The molecule has 1 aromatic heterocycles. The van der Waals surface area contributed by atoms with Crippen molar-refractivity contribution in [2.45, 2.75) is 63.6 Å². The largest absolute Gasteiger partial charge is 0.459 e. The molecular formula is C27H29N5O4. The first-order valence-corrected chi connectivity index (χ1v) is 11.9. The van der Waals surface area contributed by atoms with Gasteiger partial charge < -0.3 is 10.3 Å². The second kappa shape index (κ2) is 9.99. The van der Waals surface area contributed by atoms with E-state index < -0.39 is 11.2 Å². The van der Waals surface area contributed by atoms with Gasteiger partial charge in [-0.05, 0) is 73.4 Å². The molecule has 0 aliphatic heterocycles. The van der Waals surface area contributed by atoms with Crippen LogP contribution in [0.3, 0.4) is 0 Å². The summed E-state index contributed by atoms with van der Waals surface area (Å²) >= 11 is 0. The van der Waals surface area contributed by atoms with Crippen LogP contribution < -0.4 is 11.5 Å². The number of isocyanates is 2. The van der Waals surface area contributed by atoms with Gasteiger partial charge in [-0.1, -0.05) is 36.4 Å². The second-order valence-electron chi connectivity index (χ2n) is 9.50. The summed E-state index contributed by atoms with van der Waals surface area (Å²) in [5.74, 6) is -0.215. The Hall–Kier alpha value is -3.90. The molecule has 0 spiro atoms. The van der Waals surface area contributed by atoms with Crippen LogP contribution in [0.1, 0.15) is 78.5 Å². The summed E-state index contributed by atoms with van der Waals surface area (Å²) < 4.78 is 6.75. The normalized spacial score (nSPS) is 19.0. The SMILES string of the molecule is CC(N=C=O)c1ccc2c(c1)CCc1cc(C(C)N=C=O)ccc1C2(C[C@@H](C)N)c1nc(=O)on1C. The molecule has 0 radical (unpaired) electrons. The molecule has 0 fully saturated rings. The number of nitrogens with two attached hydrogens (primary N) is 1. The average molecular weight is 488 g/mol. The Morgan fingerprint density at radius 2 is 1.50 bits per heavy atom. The highest BCUT2D eigenvalue weighted by Crippen LogP contribution is 2.47. The third-order valence-electron chi connectivity index (χ3n) is 7.02. The fourth-order valence-electron chi connectivity index (χ4n) is 5.45. The maximum atomic E-state index is 12.3. The van der Waals surface area contributed by atoms with Gasteiger partial charge in [-0.2, -0.15) is 19.7 Å². The van der Waals surface area contributed by atoms with Crippen molar-refractivity contribution >= 4 is 12.2 Å². The summed E-state index contributed by atoms with van der Waals surface area (Å²) in [6.45, 7) is 5.61. The summed E-state index contributed by atoms with van der Waals surface area (Å²) in [4.78, 5) is 46.1. The van der Waals surface area contributed by atoms with E-state index in [1.165, 1.54) is 4.74 Å². The van der Waals surface area contributed by atoms with Crippen molar-refractivity contribution < 1.29 is 14.1 Å². The monoisotopic (exact) mass is 487 g/mol. The van der Waals surface area contributed by atoms with Crippen LogP contribution >= 0.6 is 0 Å². The molecule has 0 saturated carbocycles. The first-order valence-electron chi connectivity index (χ1n) is 11.9. The molecule has 2 N–H and O–H groups in total. The van der Waals surface area contributed by atoms with E-state index in [-0.39, 0.29) is 18.1 Å². The molecule has 2 aromatic carbocycles. The predicted octanol–water partition coefficient (Wildman–Crippen LogP) is 3.34. The molecule has 3 atom stereocenters. The molecule has 1 heterocycles. The molecule has 1 aliphatic carbocycles. The van der Waals surface area contributed by atoms with Gasteiger partial charge in [-0.3, -0.25) is 0 Å². The zero-order valence-corrected chi connectivity index (χ0v) is 20.8. The Morgan fingerprint density at radius 3 is 1.89 bits per heavy atom. The van der Waals surface area contributed by atoms with Gasteiger partial charge in [0.1, 0.15) is 0 Å². The van der Waals surface area contributed by atoms with Crippen molar-refractivity contribution in [2.75, 3.05) is 0 Å². The summed E-state index contributed by atoms with van der Waals surface area (Å²) in [5.41, 5.74) is 11.4. The van der Waals surface area contributed by atoms with E-state index in [2.05, 4.69) is 27.1 Å². The first kappa shape index (κ1) is 25.2. The van der Waals surface area contributed by atoms with E-state index in [1.807, 2.05) is 45.0 Å². The van der Waals surface area contributed by atoms with Crippen LogP contribution in [0.5, 0.6) is 0 Å². The molecule has 186 valence electrons. The summed E-state index contributed by atoms with van der Waals surface area (Å²) in [7, 11) is 1.67. The number of hydrogen-bond acceptors (Lipinski definition) is 8. The van der Waals surface area contributed by atoms with E-state index in [4.69, 9.17) is 10.3 Å². The van der Waals surface area contributed by atoms with Gasteiger partial charge in [-0.25, -0.2) is 14.4 Å². The first-order chi connectivity index (χ1) is 17.2. The predicted molar refractivity (Wildman–Crippen MR) is 133 cm³/mol. The van der Waals surface area contributed by atoms with Crippen LogP contribution in [0.25, 0.3) is 0 Å². The fraction of sp³-hybridized carbons (Fsp3) is 0.407. The highest BCUT2D eigenvalue weighted by Gasteiger charge is 2.45. The van der Waals surface area contributed by atoms with Crippen molar-refractivity contribution in [2.24, 2.45) is 22.8 Å². The molecule has 36 heavy (non-hydrogen) atoms. The van der Waals surface area contributed by atoms with Crippen LogP contribution in [0, 0.1) is 0 Å². The van der Waals surface area contributed by atoms with Crippen molar-refractivity contribution in [1.29, 1.82) is 0 Å². The molecule has 0 bridgehead atoms. The number of fused-ring (bicyclic) bond motifs is 2. The van der Waals surface area contributed by atoms with E-state index in [0.717, 1.165) is 33.4 Å². The van der Waals surface area contributed by atoms with Gasteiger partial charge >= 0.3 is 5.76 Å². The lowest BCUT2D eigenvalue weighted by Gasteiger charge is -2.37. The highest BCUT2D eigenvalue weighted by molar-refractivity contribution is 5.56. The maximum Gasteiger partial charge on any atom is 0.459 e. The van der Waals surface area contributed by atoms with E-state index >= 15 is 0 Å². The van der Waals surface area contributed by atoms with Gasteiger partial charge in [-0.15, -0.1) is 0 Å². The van der Waals surface area contributed by atoms with Gasteiger partial charge in [0.25, 0.3) is 0 Å². The van der Waals surface area contributed by atoms with Crippen molar-refractivity contribution in [3.05, 3.63) is 86.2 Å². The smallest absolute Gasteiger partial charge is 0.328 e. The standard InChI is InChI=1S/C27H29N5O4/c1-16(28)13-27(25-31-26(35)36-32(25)4)23-9-7-19(17(2)29-14-33)11-21(23)5-6-22-12-20(8-10-24(22)27)18(3)30-15-34/h7-12,16-18H,5-6,13,28H2,1-4H3/t16-,17?,18?,27?/m1/s1. The van der Waals surface area contributed by atoms with Crippen LogP contribution in [0.2, 0.25) is 0 Å². The number of hydrogen-bond donors (Lipinski definition) is 1. The lowest BCUT2D eigenvalue weighted by atomic mass is 9.67. The van der Waals surface area contributed by atoms with Gasteiger partial charge in [0.15, 0.2) is 5.82 Å². The van der Waals surface area contributed by atoms with E-state index in [0.29, 0.717) is 25.1 Å². The molecule has 0 saturated heterocycles. The Kier molecular flexibility index (Phi) is 7.00. The molecule has 0 amide bonds. The van der Waals surface area contributed by atoms with Crippen LogP contribution in [0.15, 0.2) is 55.7 Å². The van der Waals surface area contributed by atoms with Gasteiger partial charge in [0.2, 0.25) is 12.2 Å². The zero-order chi connectivity index (χ0) is 26.0. The molecule has 4 rings (SSSR count). The van der Waals surface area contributed by atoms with E-state index in [9.17, 15) is 14.4 Å². The number of aliphatic imine (C=N–C) groups is 2. The highest BCUT2D eigenvalue weighted by atomic mass is 16.5. The third-order valence-corrected chi connectivity index (χ3v) is 7.02. The van der Waals surface area contributed by atoms with Crippen LogP contribution in [-0.2, 0) is 34.9 Å². The summed E-state index contributed by atoms with van der Waals surface area (Å²) in [6, 6.07) is 11.1. The maximum absolute atomic E-state index is 12.3. The molecule has 1 aliphatic rings. The lowest BCUT2D eigenvalue weighted by molar-refractivity contribution is 0.264.